The highest BCUT2D eigenvalue weighted by Gasteiger charge is 2.31. The first-order valence-corrected chi connectivity index (χ1v) is 8.85. The zero-order valence-corrected chi connectivity index (χ0v) is 14.5. The molecule has 2 N–H and O–H groups in total. The van der Waals surface area contributed by atoms with Crippen LogP contribution in [0.3, 0.4) is 0 Å². The molecule has 0 aromatic heterocycles. The third kappa shape index (κ3) is 4.63. The van der Waals surface area contributed by atoms with Crippen molar-refractivity contribution in [2.24, 2.45) is 0 Å². The normalized spacial score (nSPS) is 22.9. The molecule has 3 rings (SSSR count). The lowest BCUT2D eigenvalue weighted by Crippen LogP contribution is -2.45. The third-order valence-electron chi connectivity index (χ3n) is 4.43. The summed E-state index contributed by atoms with van der Waals surface area (Å²) < 4.78 is 10.9. The fraction of sp³-hybridized carbons (Fsp3) is 0.556. The fourth-order valence-corrected chi connectivity index (χ4v) is 3.19. The van der Waals surface area contributed by atoms with Gasteiger partial charge in [-0.2, -0.15) is 0 Å². The molecular formula is C18H25N3O4. The van der Waals surface area contributed by atoms with Crippen LogP contribution < -0.4 is 20.3 Å². The summed E-state index contributed by atoms with van der Waals surface area (Å²) in [5.74, 6) is 0.787. The number of urea groups is 1. The highest BCUT2D eigenvalue weighted by Crippen LogP contribution is 2.24. The minimum Gasteiger partial charge on any atom is -0.494 e. The maximum absolute atomic E-state index is 12.2. The Bertz CT molecular complexity index is 599. The van der Waals surface area contributed by atoms with Crippen molar-refractivity contribution in [3.05, 3.63) is 24.3 Å². The average Bonchev–Trinajstić information content (AvgIpc) is 3.24. The first-order valence-electron chi connectivity index (χ1n) is 8.85. The molecule has 2 atom stereocenters. The monoisotopic (exact) mass is 347 g/mol. The van der Waals surface area contributed by atoms with Crippen molar-refractivity contribution >= 4 is 17.6 Å². The predicted molar refractivity (Wildman–Crippen MR) is 93.9 cm³/mol. The maximum atomic E-state index is 12.2. The molecule has 2 fully saturated rings. The Morgan fingerprint density at radius 1 is 1.36 bits per heavy atom. The minimum atomic E-state index is -0.248. The van der Waals surface area contributed by atoms with E-state index in [-0.39, 0.29) is 24.1 Å². The molecular weight excluding hydrogens is 322 g/mol. The van der Waals surface area contributed by atoms with Crippen LogP contribution in [0.2, 0.25) is 0 Å². The molecule has 2 aliphatic heterocycles. The molecule has 0 saturated carbocycles. The van der Waals surface area contributed by atoms with Crippen LogP contribution in [0, 0.1) is 0 Å². The molecule has 2 aliphatic rings. The number of carbonyl (C=O) groups excluding carboxylic acids is 2. The van der Waals surface area contributed by atoms with E-state index in [9.17, 15) is 9.59 Å². The number of benzene rings is 1. The number of amides is 3. The number of nitrogens with one attached hydrogen (secondary N) is 2. The van der Waals surface area contributed by atoms with Crippen LogP contribution in [0.15, 0.2) is 24.3 Å². The van der Waals surface area contributed by atoms with Gasteiger partial charge in [-0.25, -0.2) is 4.79 Å². The largest absolute Gasteiger partial charge is 0.494 e. The first kappa shape index (κ1) is 17.5. The van der Waals surface area contributed by atoms with E-state index in [1.807, 2.05) is 31.2 Å². The number of nitrogens with zero attached hydrogens (tertiary/aromatic N) is 1. The summed E-state index contributed by atoms with van der Waals surface area (Å²) in [7, 11) is 0. The van der Waals surface area contributed by atoms with Crippen molar-refractivity contribution in [1.29, 1.82) is 0 Å². The standard InChI is InChI=1S/C18H25N3O4/c1-2-24-15-7-5-14(6-8-15)21-12-13(10-17(21)22)20-18(23)19-11-16-4-3-9-25-16/h5-8,13,16H,2-4,9-12H2,1H3,(H2,19,20,23). The van der Waals surface area contributed by atoms with Crippen molar-refractivity contribution in [3.8, 4) is 5.75 Å². The number of hydrogen-bond donors (Lipinski definition) is 2. The Morgan fingerprint density at radius 3 is 2.84 bits per heavy atom. The van der Waals surface area contributed by atoms with Crippen molar-refractivity contribution in [2.45, 2.75) is 38.3 Å². The number of anilines is 1. The van der Waals surface area contributed by atoms with E-state index in [0.717, 1.165) is 30.9 Å². The quantitative estimate of drug-likeness (QED) is 0.820. The van der Waals surface area contributed by atoms with Gasteiger partial charge in [0, 0.05) is 31.8 Å². The summed E-state index contributed by atoms with van der Waals surface area (Å²) in [6.07, 6.45) is 2.44. The summed E-state index contributed by atoms with van der Waals surface area (Å²) in [6, 6.07) is 6.99. The molecule has 1 aromatic rings. The molecule has 2 saturated heterocycles. The zero-order chi connectivity index (χ0) is 17.6. The van der Waals surface area contributed by atoms with Crippen LogP contribution in [0.1, 0.15) is 26.2 Å². The Balaban J connectivity index is 1.48. The van der Waals surface area contributed by atoms with E-state index in [2.05, 4.69) is 10.6 Å². The molecule has 7 heteroatoms. The fourth-order valence-electron chi connectivity index (χ4n) is 3.19. The van der Waals surface area contributed by atoms with Gasteiger partial charge in [0.1, 0.15) is 5.75 Å². The number of hydrogen-bond acceptors (Lipinski definition) is 4. The van der Waals surface area contributed by atoms with E-state index in [0.29, 0.717) is 26.1 Å². The molecule has 2 unspecified atom stereocenters. The lowest BCUT2D eigenvalue weighted by molar-refractivity contribution is -0.117. The summed E-state index contributed by atoms with van der Waals surface area (Å²) in [6.45, 7) is 4.28. The first-order chi connectivity index (χ1) is 12.2. The number of ether oxygens (including phenoxy) is 2. The van der Waals surface area contributed by atoms with Crippen LogP contribution in [-0.4, -0.2) is 50.4 Å². The highest BCUT2D eigenvalue weighted by atomic mass is 16.5. The lowest BCUT2D eigenvalue weighted by atomic mass is 10.2. The molecule has 0 spiro atoms. The Hall–Kier alpha value is -2.28. The van der Waals surface area contributed by atoms with Crippen LogP contribution in [0.4, 0.5) is 10.5 Å². The smallest absolute Gasteiger partial charge is 0.315 e. The SMILES string of the molecule is CCOc1ccc(N2CC(NC(=O)NCC3CCCO3)CC2=O)cc1. The predicted octanol–water partition coefficient (Wildman–Crippen LogP) is 1.67. The third-order valence-corrected chi connectivity index (χ3v) is 4.43. The number of carbonyl (C=O) groups is 2. The van der Waals surface area contributed by atoms with Gasteiger partial charge >= 0.3 is 6.03 Å². The van der Waals surface area contributed by atoms with Gasteiger partial charge in [-0.3, -0.25) is 4.79 Å². The molecule has 2 heterocycles. The van der Waals surface area contributed by atoms with E-state index < -0.39 is 0 Å². The van der Waals surface area contributed by atoms with Gasteiger partial charge in [0.25, 0.3) is 0 Å². The maximum Gasteiger partial charge on any atom is 0.315 e. The van der Waals surface area contributed by atoms with Crippen molar-refractivity contribution in [2.75, 3.05) is 31.2 Å². The molecule has 0 radical (unpaired) electrons. The molecule has 0 aliphatic carbocycles. The molecule has 136 valence electrons. The van der Waals surface area contributed by atoms with Gasteiger partial charge < -0.3 is 25.0 Å². The average molecular weight is 347 g/mol. The molecule has 25 heavy (non-hydrogen) atoms. The zero-order valence-electron chi connectivity index (χ0n) is 14.5. The summed E-state index contributed by atoms with van der Waals surface area (Å²) in [5.41, 5.74) is 0.817. The summed E-state index contributed by atoms with van der Waals surface area (Å²) >= 11 is 0. The van der Waals surface area contributed by atoms with Crippen LogP contribution in [0.25, 0.3) is 0 Å². The second-order valence-electron chi connectivity index (χ2n) is 6.32. The van der Waals surface area contributed by atoms with Gasteiger partial charge in [0.2, 0.25) is 5.91 Å². The number of rotatable bonds is 6. The van der Waals surface area contributed by atoms with Gasteiger partial charge in [-0.1, -0.05) is 0 Å². The second kappa shape index (κ2) is 8.20. The van der Waals surface area contributed by atoms with E-state index >= 15 is 0 Å². The Labute approximate surface area is 147 Å². The Kier molecular flexibility index (Phi) is 5.75. The topological polar surface area (TPSA) is 79.9 Å². The van der Waals surface area contributed by atoms with Crippen molar-refractivity contribution in [3.63, 3.8) is 0 Å². The minimum absolute atomic E-state index is 0.00795. The molecule has 3 amide bonds. The molecule has 1 aromatic carbocycles. The van der Waals surface area contributed by atoms with E-state index in [4.69, 9.17) is 9.47 Å². The van der Waals surface area contributed by atoms with Crippen LogP contribution in [0.5, 0.6) is 5.75 Å². The Morgan fingerprint density at radius 2 is 2.16 bits per heavy atom. The van der Waals surface area contributed by atoms with Crippen LogP contribution >= 0.6 is 0 Å². The van der Waals surface area contributed by atoms with Crippen LogP contribution in [-0.2, 0) is 9.53 Å². The van der Waals surface area contributed by atoms with Crippen molar-refractivity contribution in [1.82, 2.24) is 10.6 Å². The van der Waals surface area contributed by atoms with E-state index in [1.165, 1.54) is 0 Å². The molecule has 7 nitrogen and oxygen atoms in total. The lowest BCUT2D eigenvalue weighted by Gasteiger charge is -2.18. The van der Waals surface area contributed by atoms with Gasteiger partial charge in [-0.05, 0) is 44.0 Å². The molecule has 0 bridgehead atoms. The van der Waals surface area contributed by atoms with Gasteiger partial charge in [-0.15, -0.1) is 0 Å². The second-order valence-corrected chi connectivity index (χ2v) is 6.32. The van der Waals surface area contributed by atoms with E-state index in [1.54, 1.807) is 4.90 Å². The van der Waals surface area contributed by atoms with Crippen molar-refractivity contribution < 1.29 is 19.1 Å². The van der Waals surface area contributed by atoms with Gasteiger partial charge in [0.05, 0.1) is 18.8 Å². The van der Waals surface area contributed by atoms with Gasteiger partial charge in [0.15, 0.2) is 0 Å². The summed E-state index contributed by atoms with van der Waals surface area (Å²) in [4.78, 5) is 25.9. The highest BCUT2D eigenvalue weighted by molar-refractivity contribution is 5.96. The summed E-state index contributed by atoms with van der Waals surface area (Å²) in [5, 5.41) is 5.69.